The molecule has 0 saturated carbocycles. The fraction of sp³-hybridized carbons (Fsp3) is 0.250. The lowest BCUT2D eigenvalue weighted by atomic mass is 10.1. The SMILES string of the molecule is CCOC(=O)/C=C(\C)c1ccc(O[C@@H](C)c2ccccc2)cc1. The quantitative estimate of drug-likeness (QED) is 0.568. The summed E-state index contributed by atoms with van der Waals surface area (Å²) in [4.78, 5) is 11.5. The maximum absolute atomic E-state index is 11.5. The molecule has 0 spiro atoms. The Balaban J connectivity index is 2.03. The smallest absolute Gasteiger partial charge is 0.331 e. The van der Waals surface area contributed by atoms with E-state index in [1.807, 2.05) is 68.4 Å². The first kappa shape index (κ1) is 16.8. The van der Waals surface area contributed by atoms with Crippen molar-refractivity contribution in [2.75, 3.05) is 6.61 Å². The van der Waals surface area contributed by atoms with E-state index in [0.717, 1.165) is 22.4 Å². The van der Waals surface area contributed by atoms with Gasteiger partial charge in [0.2, 0.25) is 0 Å². The van der Waals surface area contributed by atoms with Crippen LogP contribution in [0.5, 0.6) is 5.75 Å². The van der Waals surface area contributed by atoms with Crippen molar-refractivity contribution in [3.8, 4) is 5.75 Å². The van der Waals surface area contributed by atoms with Gasteiger partial charge in [-0.15, -0.1) is 0 Å². The van der Waals surface area contributed by atoms with Crippen LogP contribution in [0.15, 0.2) is 60.7 Å². The Bertz CT molecular complexity index is 657. The second-order valence-corrected chi connectivity index (χ2v) is 5.27. The van der Waals surface area contributed by atoms with Gasteiger partial charge in [0.05, 0.1) is 6.61 Å². The summed E-state index contributed by atoms with van der Waals surface area (Å²) in [6, 6.07) is 17.8. The molecule has 0 aliphatic rings. The maximum atomic E-state index is 11.5. The molecule has 0 aliphatic heterocycles. The Morgan fingerprint density at radius 1 is 1.09 bits per heavy atom. The van der Waals surface area contributed by atoms with Gasteiger partial charge < -0.3 is 9.47 Å². The van der Waals surface area contributed by atoms with Crippen molar-refractivity contribution >= 4 is 11.5 Å². The van der Waals surface area contributed by atoms with Crippen molar-refractivity contribution < 1.29 is 14.3 Å². The van der Waals surface area contributed by atoms with Crippen LogP contribution in [0, 0.1) is 0 Å². The Morgan fingerprint density at radius 3 is 2.35 bits per heavy atom. The lowest BCUT2D eigenvalue weighted by molar-refractivity contribution is -0.137. The maximum Gasteiger partial charge on any atom is 0.331 e. The van der Waals surface area contributed by atoms with E-state index in [2.05, 4.69) is 0 Å². The summed E-state index contributed by atoms with van der Waals surface area (Å²) in [6.45, 7) is 6.09. The van der Waals surface area contributed by atoms with Crippen LogP contribution in [0.2, 0.25) is 0 Å². The van der Waals surface area contributed by atoms with Gasteiger partial charge in [-0.05, 0) is 49.6 Å². The summed E-state index contributed by atoms with van der Waals surface area (Å²) in [7, 11) is 0. The van der Waals surface area contributed by atoms with Gasteiger partial charge in [0, 0.05) is 6.08 Å². The summed E-state index contributed by atoms with van der Waals surface area (Å²) < 4.78 is 10.9. The van der Waals surface area contributed by atoms with Crippen molar-refractivity contribution in [2.24, 2.45) is 0 Å². The molecule has 2 aromatic rings. The van der Waals surface area contributed by atoms with E-state index in [9.17, 15) is 4.79 Å². The summed E-state index contributed by atoms with van der Waals surface area (Å²) >= 11 is 0. The molecule has 23 heavy (non-hydrogen) atoms. The molecule has 0 saturated heterocycles. The molecular formula is C20H22O3. The summed E-state index contributed by atoms with van der Waals surface area (Å²) in [6.07, 6.45) is 1.49. The van der Waals surface area contributed by atoms with Gasteiger partial charge in [-0.3, -0.25) is 0 Å². The average molecular weight is 310 g/mol. The number of esters is 1. The minimum Gasteiger partial charge on any atom is -0.486 e. The Morgan fingerprint density at radius 2 is 1.74 bits per heavy atom. The number of carbonyl (C=O) groups is 1. The van der Waals surface area contributed by atoms with E-state index in [-0.39, 0.29) is 12.1 Å². The van der Waals surface area contributed by atoms with Crippen molar-refractivity contribution in [3.63, 3.8) is 0 Å². The standard InChI is InChI=1S/C20H22O3/c1-4-22-20(21)14-15(2)17-10-12-19(13-11-17)23-16(3)18-8-6-5-7-9-18/h5-14,16H,4H2,1-3H3/b15-14+/t16-/m0/s1. The van der Waals surface area contributed by atoms with E-state index in [1.54, 1.807) is 6.92 Å². The number of benzene rings is 2. The normalized spacial score (nSPS) is 12.6. The molecule has 2 aromatic carbocycles. The molecular weight excluding hydrogens is 288 g/mol. The third-order valence-electron chi connectivity index (χ3n) is 3.51. The topological polar surface area (TPSA) is 35.5 Å². The van der Waals surface area contributed by atoms with Gasteiger partial charge >= 0.3 is 5.97 Å². The van der Waals surface area contributed by atoms with Crippen LogP contribution in [0.4, 0.5) is 0 Å². The number of rotatable bonds is 6. The van der Waals surface area contributed by atoms with Crippen LogP contribution in [0.25, 0.3) is 5.57 Å². The molecule has 0 amide bonds. The fourth-order valence-electron chi connectivity index (χ4n) is 2.24. The van der Waals surface area contributed by atoms with Gasteiger partial charge in [0.15, 0.2) is 0 Å². The number of hydrogen-bond acceptors (Lipinski definition) is 3. The molecule has 0 radical (unpaired) electrons. The van der Waals surface area contributed by atoms with Gasteiger partial charge in [-0.2, -0.15) is 0 Å². The third-order valence-corrected chi connectivity index (χ3v) is 3.51. The Kier molecular flexibility index (Phi) is 5.98. The molecule has 0 fully saturated rings. The first-order chi connectivity index (χ1) is 11.1. The van der Waals surface area contributed by atoms with Crippen LogP contribution in [0.3, 0.4) is 0 Å². The van der Waals surface area contributed by atoms with Gasteiger partial charge in [0.25, 0.3) is 0 Å². The zero-order valence-electron chi connectivity index (χ0n) is 13.8. The fourth-order valence-corrected chi connectivity index (χ4v) is 2.24. The number of ether oxygens (including phenoxy) is 2. The first-order valence-electron chi connectivity index (χ1n) is 7.77. The van der Waals surface area contributed by atoms with Crippen molar-refractivity contribution in [3.05, 3.63) is 71.8 Å². The zero-order valence-corrected chi connectivity index (χ0v) is 13.8. The number of carbonyl (C=O) groups excluding carboxylic acids is 1. The van der Waals surface area contributed by atoms with E-state index in [0.29, 0.717) is 6.61 Å². The van der Waals surface area contributed by atoms with Crippen molar-refractivity contribution in [2.45, 2.75) is 26.9 Å². The molecule has 0 aromatic heterocycles. The highest BCUT2D eigenvalue weighted by Crippen LogP contribution is 2.23. The largest absolute Gasteiger partial charge is 0.486 e. The molecule has 0 aliphatic carbocycles. The van der Waals surface area contributed by atoms with Crippen LogP contribution < -0.4 is 4.74 Å². The molecule has 0 heterocycles. The summed E-state index contributed by atoms with van der Waals surface area (Å²) in [5.74, 6) is 0.483. The number of hydrogen-bond donors (Lipinski definition) is 0. The monoisotopic (exact) mass is 310 g/mol. The minimum absolute atomic E-state index is 0.0155. The van der Waals surface area contributed by atoms with Crippen LogP contribution in [0.1, 0.15) is 38.0 Å². The molecule has 1 atom stereocenters. The summed E-state index contributed by atoms with van der Waals surface area (Å²) in [5.41, 5.74) is 2.97. The van der Waals surface area contributed by atoms with Crippen molar-refractivity contribution in [1.82, 2.24) is 0 Å². The first-order valence-corrected chi connectivity index (χ1v) is 7.77. The summed E-state index contributed by atoms with van der Waals surface area (Å²) in [5, 5.41) is 0. The van der Waals surface area contributed by atoms with E-state index in [1.165, 1.54) is 6.08 Å². The third kappa shape index (κ3) is 4.99. The van der Waals surface area contributed by atoms with Crippen LogP contribution in [-0.2, 0) is 9.53 Å². The highest BCUT2D eigenvalue weighted by Gasteiger charge is 2.07. The molecule has 120 valence electrons. The highest BCUT2D eigenvalue weighted by atomic mass is 16.5. The predicted molar refractivity (Wildman–Crippen MR) is 92.2 cm³/mol. The Hall–Kier alpha value is -2.55. The highest BCUT2D eigenvalue weighted by molar-refractivity contribution is 5.90. The molecule has 3 nitrogen and oxygen atoms in total. The molecule has 0 unspecified atom stereocenters. The van der Waals surface area contributed by atoms with E-state index >= 15 is 0 Å². The van der Waals surface area contributed by atoms with Crippen LogP contribution >= 0.6 is 0 Å². The van der Waals surface area contributed by atoms with Gasteiger partial charge in [-0.1, -0.05) is 42.5 Å². The Labute approximate surface area is 137 Å². The minimum atomic E-state index is -0.317. The van der Waals surface area contributed by atoms with Gasteiger partial charge in [-0.25, -0.2) is 4.79 Å². The predicted octanol–water partition coefficient (Wildman–Crippen LogP) is 4.79. The average Bonchev–Trinajstić information content (AvgIpc) is 2.56. The van der Waals surface area contributed by atoms with Crippen molar-refractivity contribution in [1.29, 1.82) is 0 Å². The second-order valence-electron chi connectivity index (χ2n) is 5.27. The van der Waals surface area contributed by atoms with Gasteiger partial charge in [0.1, 0.15) is 11.9 Å². The number of allylic oxidation sites excluding steroid dienone is 1. The van der Waals surface area contributed by atoms with Crippen LogP contribution in [-0.4, -0.2) is 12.6 Å². The van der Waals surface area contributed by atoms with E-state index < -0.39 is 0 Å². The molecule has 2 rings (SSSR count). The zero-order chi connectivity index (χ0) is 16.7. The lowest BCUT2D eigenvalue weighted by Crippen LogP contribution is -2.02. The molecule has 0 N–H and O–H groups in total. The molecule has 3 heteroatoms. The second kappa shape index (κ2) is 8.18. The molecule has 0 bridgehead atoms. The lowest BCUT2D eigenvalue weighted by Gasteiger charge is -2.15. The van der Waals surface area contributed by atoms with E-state index in [4.69, 9.17) is 9.47 Å².